The topological polar surface area (TPSA) is 75.0 Å². The summed E-state index contributed by atoms with van der Waals surface area (Å²) < 4.78 is 36.0. The summed E-state index contributed by atoms with van der Waals surface area (Å²) in [7, 11) is 0. The van der Waals surface area contributed by atoms with Gasteiger partial charge in [-0.15, -0.1) is 11.8 Å². The van der Waals surface area contributed by atoms with Gasteiger partial charge in [0.25, 0.3) is 12.3 Å². The Morgan fingerprint density at radius 3 is 2.75 bits per heavy atom. The van der Waals surface area contributed by atoms with Crippen LogP contribution < -0.4 is 15.2 Å². The Bertz CT molecular complexity index is 1460. The fraction of sp³-hybridized carbons (Fsp3) is 0.231. The smallest absolute Gasteiger partial charge is 0.278 e. The number of alkyl halides is 2. The summed E-state index contributed by atoms with van der Waals surface area (Å²) in [5, 5.41) is 12.4. The summed E-state index contributed by atoms with van der Waals surface area (Å²) >= 11 is 1.65. The highest BCUT2D eigenvalue weighted by Gasteiger charge is 2.43. The lowest BCUT2D eigenvalue weighted by Gasteiger charge is -2.45. The predicted octanol–water partition coefficient (Wildman–Crippen LogP) is 3.88. The normalized spacial score (nSPS) is 21.5. The lowest BCUT2D eigenvalue weighted by atomic mass is 9.93. The Morgan fingerprint density at radius 1 is 1.08 bits per heavy atom. The number of fused-ring (bicyclic) bond motifs is 7. The molecule has 0 aliphatic carbocycles. The number of carbonyl (C=O) groups is 1. The molecule has 1 N–H and O–H groups in total. The minimum atomic E-state index is -2.90. The third-order valence-corrected chi connectivity index (χ3v) is 7.84. The van der Waals surface area contributed by atoms with Crippen molar-refractivity contribution in [2.75, 3.05) is 18.3 Å². The molecule has 3 aliphatic rings. The highest BCUT2D eigenvalue weighted by Crippen LogP contribution is 2.46. The van der Waals surface area contributed by atoms with Gasteiger partial charge in [0.15, 0.2) is 11.4 Å². The van der Waals surface area contributed by atoms with Crippen LogP contribution in [0.1, 0.15) is 33.2 Å². The molecule has 36 heavy (non-hydrogen) atoms. The van der Waals surface area contributed by atoms with Gasteiger partial charge < -0.3 is 14.7 Å². The quantitative estimate of drug-likeness (QED) is 0.502. The molecule has 0 saturated heterocycles. The van der Waals surface area contributed by atoms with Gasteiger partial charge in [-0.2, -0.15) is 0 Å². The fourth-order valence-corrected chi connectivity index (χ4v) is 6.14. The van der Waals surface area contributed by atoms with E-state index in [-0.39, 0.29) is 19.0 Å². The molecule has 2 atom stereocenters. The number of aromatic nitrogens is 1. The van der Waals surface area contributed by atoms with Gasteiger partial charge in [0.05, 0.1) is 0 Å². The third-order valence-electron chi connectivity index (χ3n) is 6.70. The van der Waals surface area contributed by atoms with Gasteiger partial charge in [-0.3, -0.25) is 19.3 Å². The van der Waals surface area contributed by atoms with Crippen LogP contribution in [0.4, 0.5) is 8.78 Å². The number of halogens is 2. The van der Waals surface area contributed by atoms with E-state index in [1.807, 2.05) is 42.5 Å². The Hall–Kier alpha value is -3.79. The molecule has 4 heterocycles. The summed E-state index contributed by atoms with van der Waals surface area (Å²) in [5.74, 6) is -0.356. The second-order valence-electron chi connectivity index (χ2n) is 8.70. The number of aromatic hydroxyl groups is 1. The standard InChI is InChI=1S/C26H21F2N3O4S/c27-25(28)17-7-4-12-35-19-8-3-5-15-13-36-20-9-2-1-6-16(20)22(21(15)19)31-14-29(17)26(34)23-24(33)18(32)10-11-30(23)31/h1-11,17,22,25,33H,12-14H2/b7-4+/t17-,22+/m1/s1. The van der Waals surface area contributed by atoms with Crippen LogP contribution in [0.5, 0.6) is 11.5 Å². The van der Waals surface area contributed by atoms with Crippen molar-refractivity contribution in [2.24, 2.45) is 0 Å². The molecule has 0 spiro atoms. The number of hydrogen-bond donors (Lipinski definition) is 1. The Labute approximate surface area is 209 Å². The molecule has 0 unspecified atom stereocenters. The number of thioether (sulfide) groups is 1. The first-order chi connectivity index (χ1) is 17.5. The zero-order valence-electron chi connectivity index (χ0n) is 18.9. The zero-order chi connectivity index (χ0) is 25.0. The number of nitrogens with zero attached hydrogens (tertiary/aromatic N) is 3. The summed E-state index contributed by atoms with van der Waals surface area (Å²) in [6, 6.07) is 12.6. The third kappa shape index (κ3) is 3.47. The van der Waals surface area contributed by atoms with Crippen molar-refractivity contribution in [3.8, 4) is 11.5 Å². The van der Waals surface area contributed by atoms with Crippen molar-refractivity contribution in [2.45, 2.75) is 29.2 Å². The molecule has 1 aromatic heterocycles. The molecule has 6 rings (SSSR count). The van der Waals surface area contributed by atoms with E-state index < -0.39 is 35.6 Å². The Morgan fingerprint density at radius 2 is 1.92 bits per heavy atom. The van der Waals surface area contributed by atoms with Crippen molar-refractivity contribution >= 4 is 17.7 Å². The number of ether oxygens (including phenoxy) is 1. The first kappa shape index (κ1) is 22.7. The van der Waals surface area contributed by atoms with Crippen molar-refractivity contribution < 1.29 is 23.4 Å². The molecule has 7 nitrogen and oxygen atoms in total. The number of amides is 1. The van der Waals surface area contributed by atoms with Crippen LogP contribution in [0.15, 0.2) is 76.6 Å². The first-order valence-corrected chi connectivity index (χ1v) is 12.4. The molecule has 3 aromatic rings. The number of benzene rings is 2. The second-order valence-corrected chi connectivity index (χ2v) is 9.72. The van der Waals surface area contributed by atoms with Crippen LogP contribution in [0.25, 0.3) is 0 Å². The van der Waals surface area contributed by atoms with Crippen LogP contribution in [0, 0.1) is 0 Å². The molecule has 10 heteroatoms. The van der Waals surface area contributed by atoms with Crippen LogP contribution in [0.3, 0.4) is 0 Å². The largest absolute Gasteiger partial charge is 0.502 e. The molecule has 0 saturated carbocycles. The zero-order valence-corrected chi connectivity index (χ0v) is 19.7. The maximum Gasteiger partial charge on any atom is 0.278 e. The van der Waals surface area contributed by atoms with Crippen LogP contribution in [-0.2, 0) is 5.75 Å². The van der Waals surface area contributed by atoms with Crippen molar-refractivity contribution in [1.82, 2.24) is 9.58 Å². The average Bonchev–Trinajstić information content (AvgIpc) is 3.05. The van der Waals surface area contributed by atoms with E-state index in [0.29, 0.717) is 11.5 Å². The van der Waals surface area contributed by atoms with E-state index in [0.717, 1.165) is 32.6 Å². The van der Waals surface area contributed by atoms with Crippen LogP contribution in [-0.4, -0.2) is 46.3 Å². The summed E-state index contributed by atoms with van der Waals surface area (Å²) in [4.78, 5) is 27.8. The van der Waals surface area contributed by atoms with Gasteiger partial charge >= 0.3 is 0 Å². The second kappa shape index (κ2) is 8.70. The van der Waals surface area contributed by atoms with Gasteiger partial charge in [-0.05, 0) is 29.3 Å². The minimum absolute atomic E-state index is 0.0409. The highest BCUT2D eigenvalue weighted by molar-refractivity contribution is 7.98. The minimum Gasteiger partial charge on any atom is -0.502 e. The summed E-state index contributed by atoms with van der Waals surface area (Å²) in [6.07, 6.45) is 1.23. The molecule has 0 radical (unpaired) electrons. The molecule has 1 amide bonds. The van der Waals surface area contributed by atoms with Gasteiger partial charge in [0.2, 0.25) is 5.43 Å². The van der Waals surface area contributed by atoms with Crippen LogP contribution >= 0.6 is 11.8 Å². The molecular formula is C26H21F2N3O4S. The lowest BCUT2D eigenvalue weighted by Crippen LogP contribution is -2.59. The number of pyridine rings is 1. The van der Waals surface area contributed by atoms with Crippen molar-refractivity contribution in [1.29, 1.82) is 0 Å². The van der Waals surface area contributed by atoms with E-state index in [4.69, 9.17) is 4.74 Å². The van der Waals surface area contributed by atoms with Gasteiger partial charge in [-0.25, -0.2) is 8.78 Å². The van der Waals surface area contributed by atoms with E-state index in [1.54, 1.807) is 16.8 Å². The van der Waals surface area contributed by atoms with Crippen LogP contribution in [0.2, 0.25) is 0 Å². The maximum atomic E-state index is 14.3. The lowest BCUT2D eigenvalue weighted by molar-refractivity contribution is 0.0277. The van der Waals surface area contributed by atoms with Gasteiger partial charge in [-0.1, -0.05) is 36.4 Å². The average molecular weight is 510 g/mol. The first-order valence-electron chi connectivity index (χ1n) is 11.4. The molecule has 2 aromatic carbocycles. The van der Waals surface area contributed by atoms with Gasteiger partial charge in [0, 0.05) is 28.5 Å². The monoisotopic (exact) mass is 509 g/mol. The predicted molar refractivity (Wildman–Crippen MR) is 130 cm³/mol. The SMILES string of the molecule is O=C1c2c(O)c(=O)ccn2N2CN1[C@@H](C(F)F)/C=C/COc1cccc3c1[C@@H]2c1ccccc1SC3. The van der Waals surface area contributed by atoms with Gasteiger partial charge in [0.1, 0.15) is 31.1 Å². The number of carbonyl (C=O) groups excluding carboxylic acids is 1. The molecule has 2 bridgehead atoms. The van der Waals surface area contributed by atoms with E-state index in [1.165, 1.54) is 23.0 Å². The molecular weight excluding hydrogens is 488 g/mol. The number of rotatable bonds is 1. The van der Waals surface area contributed by atoms with E-state index >= 15 is 0 Å². The Kier molecular flexibility index (Phi) is 5.48. The molecule has 0 fully saturated rings. The molecule has 3 aliphatic heterocycles. The van der Waals surface area contributed by atoms with Crippen molar-refractivity contribution in [3.05, 3.63) is 99.5 Å². The Balaban J connectivity index is 1.69. The molecule has 184 valence electrons. The van der Waals surface area contributed by atoms with Crippen molar-refractivity contribution in [3.63, 3.8) is 0 Å². The fourth-order valence-electron chi connectivity index (χ4n) is 5.06. The summed E-state index contributed by atoms with van der Waals surface area (Å²) in [6.45, 7) is -0.163. The number of hydrogen-bond acceptors (Lipinski definition) is 6. The van der Waals surface area contributed by atoms with E-state index in [9.17, 15) is 23.5 Å². The maximum absolute atomic E-state index is 14.3. The summed E-state index contributed by atoms with van der Waals surface area (Å²) in [5.41, 5.74) is 1.64. The van der Waals surface area contributed by atoms with E-state index in [2.05, 4.69) is 0 Å². The highest BCUT2D eigenvalue weighted by atomic mass is 32.2.